The standard InChI is InChI=1S/C16H13F4N7/c1-21-12(14-25-15(27-26-14)16(18,19)20)11-3-2-4-23-13(11)24-7-9-5-10(17)8-22-6-9/h2-6,8H,7H2,1H3,(H,23,24)(H,25,26,27). The van der Waals surface area contributed by atoms with Crippen LogP contribution in [-0.2, 0) is 12.7 Å². The van der Waals surface area contributed by atoms with Crippen molar-refractivity contribution in [1.82, 2.24) is 25.1 Å². The second-order valence-electron chi connectivity index (χ2n) is 5.34. The maximum atomic E-state index is 13.2. The van der Waals surface area contributed by atoms with E-state index in [4.69, 9.17) is 0 Å². The van der Waals surface area contributed by atoms with Gasteiger partial charge in [-0.2, -0.15) is 18.3 Å². The second kappa shape index (κ2) is 7.48. The molecule has 3 rings (SSSR count). The molecule has 0 atom stereocenters. The lowest BCUT2D eigenvalue weighted by Gasteiger charge is -2.11. The molecule has 3 aromatic rings. The SMILES string of the molecule is CN=C(c1n[nH]c(C(F)(F)F)n1)c1cccnc1NCc1cncc(F)c1. The molecular formula is C16H13F4N7. The fourth-order valence-electron chi connectivity index (χ4n) is 2.31. The van der Waals surface area contributed by atoms with Gasteiger partial charge < -0.3 is 5.32 Å². The number of hydrogen-bond acceptors (Lipinski definition) is 6. The summed E-state index contributed by atoms with van der Waals surface area (Å²) >= 11 is 0. The zero-order chi connectivity index (χ0) is 19.4. The van der Waals surface area contributed by atoms with E-state index in [0.717, 1.165) is 6.20 Å². The minimum Gasteiger partial charge on any atom is -0.365 e. The molecule has 0 saturated heterocycles. The lowest BCUT2D eigenvalue weighted by Crippen LogP contribution is -2.13. The molecule has 7 nitrogen and oxygen atoms in total. The summed E-state index contributed by atoms with van der Waals surface area (Å²) in [5, 5.41) is 8.45. The van der Waals surface area contributed by atoms with Crippen LogP contribution in [0, 0.1) is 5.82 Å². The van der Waals surface area contributed by atoms with E-state index >= 15 is 0 Å². The Morgan fingerprint density at radius 1 is 1.30 bits per heavy atom. The number of nitrogens with one attached hydrogen (secondary N) is 2. The van der Waals surface area contributed by atoms with Crippen molar-refractivity contribution in [2.45, 2.75) is 12.7 Å². The number of nitrogens with zero attached hydrogens (tertiary/aromatic N) is 5. The Morgan fingerprint density at radius 3 is 2.78 bits per heavy atom. The van der Waals surface area contributed by atoms with Crippen LogP contribution in [0.15, 0.2) is 41.8 Å². The number of aromatic nitrogens is 5. The van der Waals surface area contributed by atoms with Gasteiger partial charge in [-0.15, -0.1) is 0 Å². The highest BCUT2D eigenvalue weighted by Crippen LogP contribution is 2.26. The molecule has 2 N–H and O–H groups in total. The van der Waals surface area contributed by atoms with Crippen molar-refractivity contribution < 1.29 is 17.6 Å². The predicted molar refractivity (Wildman–Crippen MR) is 88.7 cm³/mol. The number of H-pyrrole nitrogens is 1. The lowest BCUT2D eigenvalue weighted by atomic mass is 10.1. The van der Waals surface area contributed by atoms with Gasteiger partial charge in [-0.25, -0.2) is 14.4 Å². The van der Waals surface area contributed by atoms with Crippen LogP contribution in [0.4, 0.5) is 23.4 Å². The molecule has 0 aliphatic heterocycles. The summed E-state index contributed by atoms with van der Waals surface area (Å²) in [4.78, 5) is 15.4. The number of aromatic amines is 1. The number of aliphatic imine (C=N–C) groups is 1. The number of pyridine rings is 2. The molecule has 0 bridgehead atoms. The van der Waals surface area contributed by atoms with Crippen molar-refractivity contribution in [2.75, 3.05) is 12.4 Å². The van der Waals surface area contributed by atoms with Gasteiger partial charge in [-0.3, -0.25) is 15.1 Å². The molecule has 0 saturated carbocycles. The Balaban J connectivity index is 1.88. The van der Waals surface area contributed by atoms with Crippen LogP contribution >= 0.6 is 0 Å². The first-order valence-corrected chi connectivity index (χ1v) is 7.64. The van der Waals surface area contributed by atoms with E-state index in [1.807, 2.05) is 5.10 Å². The third-order valence-corrected chi connectivity index (χ3v) is 3.47. The van der Waals surface area contributed by atoms with Crippen molar-refractivity contribution in [2.24, 2.45) is 4.99 Å². The highest BCUT2D eigenvalue weighted by Gasteiger charge is 2.36. The Morgan fingerprint density at radius 2 is 2.11 bits per heavy atom. The van der Waals surface area contributed by atoms with Gasteiger partial charge in [0.15, 0.2) is 5.82 Å². The van der Waals surface area contributed by atoms with Crippen LogP contribution in [0.5, 0.6) is 0 Å². The predicted octanol–water partition coefficient (Wildman–Crippen LogP) is 2.83. The smallest absolute Gasteiger partial charge is 0.365 e. The molecular weight excluding hydrogens is 366 g/mol. The minimum atomic E-state index is -4.65. The van der Waals surface area contributed by atoms with E-state index in [9.17, 15) is 17.6 Å². The summed E-state index contributed by atoms with van der Waals surface area (Å²) in [6, 6.07) is 4.53. The molecule has 0 unspecified atom stereocenters. The van der Waals surface area contributed by atoms with E-state index in [2.05, 4.69) is 30.4 Å². The van der Waals surface area contributed by atoms with Crippen molar-refractivity contribution in [1.29, 1.82) is 0 Å². The van der Waals surface area contributed by atoms with Gasteiger partial charge in [-0.05, 0) is 23.8 Å². The van der Waals surface area contributed by atoms with Gasteiger partial charge in [0.2, 0.25) is 5.82 Å². The molecule has 0 spiro atoms. The lowest BCUT2D eigenvalue weighted by molar-refractivity contribution is -0.144. The van der Waals surface area contributed by atoms with Gasteiger partial charge in [0.05, 0.1) is 6.20 Å². The maximum Gasteiger partial charge on any atom is 0.451 e. The monoisotopic (exact) mass is 379 g/mol. The van der Waals surface area contributed by atoms with E-state index < -0.39 is 17.8 Å². The number of alkyl halides is 3. The van der Waals surface area contributed by atoms with Crippen LogP contribution in [-0.4, -0.2) is 37.9 Å². The highest BCUT2D eigenvalue weighted by atomic mass is 19.4. The number of hydrogen-bond donors (Lipinski definition) is 2. The molecule has 3 aromatic heterocycles. The first-order chi connectivity index (χ1) is 12.9. The normalized spacial score (nSPS) is 12.3. The van der Waals surface area contributed by atoms with Crippen molar-refractivity contribution in [3.8, 4) is 0 Å². The van der Waals surface area contributed by atoms with Gasteiger partial charge >= 0.3 is 6.18 Å². The quantitative estimate of drug-likeness (QED) is 0.525. The number of halogens is 4. The van der Waals surface area contributed by atoms with E-state index in [-0.39, 0.29) is 18.1 Å². The highest BCUT2D eigenvalue weighted by molar-refractivity contribution is 6.13. The average Bonchev–Trinajstić information content (AvgIpc) is 3.12. The number of rotatable bonds is 5. The van der Waals surface area contributed by atoms with Gasteiger partial charge in [0.1, 0.15) is 17.3 Å². The van der Waals surface area contributed by atoms with Crippen molar-refractivity contribution in [3.63, 3.8) is 0 Å². The molecule has 27 heavy (non-hydrogen) atoms. The molecule has 3 heterocycles. The summed E-state index contributed by atoms with van der Waals surface area (Å²) in [5.41, 5.74) is 1.09. The molecule has 0 aliphatic carbocycles. The summed E-state index contributed by atoms with van der Waals surface area (Å²) in [6.45, 7) is 0.202. The Labute approximate surface area is 150 Å². The zero-order valence-electron chi connectivity index (χ0n) is 13.9. The number of anilines is 1. The van der Waals surface area contributed by atoms with Gasteiger partial charge in [-0.1, -0.05) is 0 Å². The molecule has 0 aromatic carbocycles. The van der Waals surface area contributed by atoms with Crippen molar-refractivity contribution >= 4 is 11.5 Å². The van der Waals surface area contributed by atoms with Gasteiger partial charge in [0.25, 0.3) is 0 Å². The zero-order valence-corrected chi connectivity index (χ0v) is 13.9. The maximum absolute atomic E-state index is 13.2. The Bertz CT molecular complexity index is 965. The third kappa shape index (κ3) is 4.25. The summed E-state index contributed by atoms with van der Waals surface area (Å²) < 4.78 is 51.5. The first-order valence-electron chi connectivity index (χ1n) is 7.64. The molecule has 0 amide bonds. The fraction of sp³-hybridized carbons (Fsp3) is 0.188. The first kappa shape index (κ1) is 18.4. The molecule has 11 heteroatoms. The van der Waals surface area contributed by atoms with Crippen LogP contribution in [0.2, 0.25) is 0 Å². The Hall–Kier alpha value is -3.37. The molecule has 0 radical (unpaired) electrons. The van der Waals surface area contributed by atoms with Crippen LogP contribution in [0.3, 0.4) is 0 Å². The Kier molecular flexibility index (Phi) is 5.10. The van der Waals surface area contributed by atoms with Crippen LogP contribution in [0.1, 0.15) is 22.8 Å². The summed E-state index contributed by atoms with van der Waals surface area (Å²) in [5.74, 6) is -1.58. The molecule has 0 aliphatic rings. The fourth-order valence-corrected chi connectivity index (χ4v) is 2.31. The molecule has 140 valence electrons. The third-order valence-electron chi connectivity index (χ3n) is 3.47. The average molecular weight is 379 g/mol. The van der Waals surface area contributed by atoms with E-state index in [1.165, 1.54) is 25.5 Å². The molecule has 0 fully saturated rings. The summed E-state index contributed by atoms with van der Waals surface area (Å²) in [7, 11) is 1.41. The second-order valence-corrected chi connectivity index (χ2v) is 5.34. The van der Waals surface area contributed by atoms with Crippen molar-refractivity contribution in [3.05, 3.63) is 65.4 Å². The topological polar surface area (TPSA) is 91.7 Å². The summed E-state index contributed by atoms with van der Waals surface area (Å²) in [6.07, 6.45) is -0.579. The van der Waals surface area contributed by atoms with Crippen LogP contribution in [0.25, 0.3) is 0 Å². The largest absolute Gasteiger partial charge is 0.451 e. The van der Waals surface area contributed by atoms with E-state index in [0.29, 0.717) is 16.9 Å². The minimum absolute atomic E-state index is 0.120. The van der Waals surface area contributed by atoms with Crippen LogP contribution < -0.4 is 5.32 Å². The van der Waals surface area contributed by atoms with E-state index in [1.54, 1.807) is 12.1 Å². The van der Waals surface area contributed by atoms with Gasteiger partial charge in [0, 0.05) is 31.5 Å².